The van der Waals surface area contributed by atoms with Gasteiger partial charge in [-0.05, 0) is 51.6 Å². The van der Waals surface area contributed by atoms with Crippen molar-refractivity contribution < 1.29 is 13.7 Å². The van der Waals surface area contributed by atoms with Gasteiger partial charge in [0.2, 0.25) is 11.7 Å². The van der Waals surface area contributed by atoms with E-state index in [1.165, 1.54) is 12.1 Å². The molecule has 1 aliphatic heterocycles. The monoisotopic (exact) mass is 347 g/mol. The Morgan fingerprint density at radius 3 is 2.76 bits per heavy atom. The predicted octanol–water partition coefficient (Wildman–Crippen LogP) is 2.33. The van der Waals surface area contributed by atoms with Crippen LogP contribution in [0, 0.1) is 5.82 Å². The molecule has 1 aromatic heterocycles. The average Bonchev–Trinajstić information content (AvgIpc) is 3.14. The lowest BCUT2D eigenvalue weighted by molar-refractivity contribution is 0.234. The van der Waals surface area contributed by atoms with E-state index < -0.39 is 0 Å². The van der Waals surface area contributed by atoms with Gasteiger partial charge in [0, 0.05) is 24.2 Å². The molecule has 2 amide bonds. The third-order valence-corrected chi connectivity index (χ3v) is 4.13. The Bertz CT molecular complexity index is 731. The number of carbonyl (C=O) groups is 1. The van der Waals surface area contributed by atoms with Gasteiger partial charge in [0.05, 0.1) is 6.04 Å². The number of hydrogen-bond donors (Lipinski definition) is 2. The first-order valence-electron chi connectivity index (χ1n) is 8.29. The third kappa shape index (κ3) is 4.14. The summed E-state index contributed by atoms with van der Waals surface area (Å²) in [6.07, 6.45) is 0.688. The van der Waals surface area contributed by atoms with E-state index in [1.54, 1.807) is 12.1 Å². The maximum atomic E-state index is 13.0. The third-order valence-electron chi connectivity index (χ3n) is 4.13. The Labute approximate surface area is 145 Å². The smallest absolute Gasteiger partial charge is 0.315 e. The predicted molar refractivity (Wildman–Crippen MR) is 90.3 cm³/mol. The number of aromatic nitrogens is 2. The summed E-state index contributed by atoms with van der Waals surface area (Å²) in [7, 11) is 1.95. The Hall–Kier alpha value is -2.48. The van der Waals surface area contributed by atoms with Gasteiger partial charge in [-0.1, -0.05) is 5.16 Å². The van der Waals surface area contributed by atoms with Crippen LogP contribution in [0.1, 0.15) is 32.2 Å². The van der Waals surface area contributed by atoms with Gasteiger partial charge in [0.1, 0.15) is 5.82 Å². The van der Waals surface area contributed by atoms with E-state index in [1.807, 2.05) is 20.9 Å². The number of halogens is 1. The second-order valence-electron chi connectivity index (χ2n) is 6.62. The van der Waals surface area contributed by atoms with Crippen molar-refractivity contribution in [1.82, 2.24) is 25.7 Å². The number of benzene rings is 1. The molecule has 2 heterocycles. The number of rotatable bonds is 4. The largest absolute Gasteiger partial charge is 0.337 e. The quantitative estimate of drug-likeness (QED) is 0.887. The summed E-state index contributed by atoms with van der Waals surface area (Å²) in [6, 6.07) is 5.81. The summed E-state index contributed by atoms with van der Waals surface area (Å²) in [5, 5.41) is 9.77. The molecule has 1 aromatic carbocycles. The van der Waals surface area contributed by atoms with Crippen molar-refractivity contribution in [2.75, 3.05) is 13.6 Å². The zero-order valence-electron chi connectivity index (χ0n) is 14.5. The van der Waals surface area contributed by atoms with Crippen LogP contribution in [0.5, 0.6) is 0 Å². The Morgan fingerprint density at radius 2 is 2.08 bits per heavy atom. The molecule has 1 aliphatic rings. The highest BCUT2D eigenvalue weighted by Gasteiger charge is 2.35. The number of likely N-dealkylation sites (N-methyl/N-ethyl adjacent to an activating group) is 1. The molecule has 134 valence electrons. The molecule has 25 heavy (non-hydrogen) atoms. The fraction of sp³-hybridized carbons (Fsp3) is 0.471. The maximum Gasteiger partial charge on any atom is 0.315 e. The molecular weight excluding hydrogens is 325 g/mol. The number of likely N-dealkylation sites (tertiary alicyclic amines) is 1. The topological polar surface area (TPSA) is 83.3 Å². The van der Waals surface area contributed by atoms with Gasteiger partial charge >= 0.3 is 6.03 Å². The molecule has 3 rings (SSSR count). The van der Waals surface area contributed by atoms with Crippen LogP contribution in [0.15, 0.2) is 28.8 Å². The van der Waals surface area contributed by atoms with Crippen molar-refractivity contribution in [1.29, 1.82) is 0 Å². The van der Waals surface area contributed by atoms with Crippen LogP contribution >= 0.6 is 0 Å². The standard InChI is InChI=1S/C17H22FN5O2/c1-10(2)19-17(24)20-13-8-14(23(3)9-13)16-21-15(22-25-16)11-4-6-12(18)7-5-11/h4-7,10,13-14H,8-9H2,1-3H3,(H2,19,20,24)/t13-,14-/m0/s1. The van der Waals surface area contributed by atoms with E-state index in [4.69, 9.17) is 4.52 Å². The van der Waals surface area contributed by atoms with E-state index in [-0.39, 0.29) is 30.0 Å². The number of hydrogen-bond acceptors (Lipinski definition) is 5. The summed E-state index contributed by atoms with van der Waals surface area (Å²) in [6.45, 7) is 4.53. The molecule has 2 atom stereocenters. The molecule has 0 aliphatic carbocycles. The molecule has 2 N–H and O–H groups in total. The van der Waals surface area contributed by atoms with E-state index in [9.17, 15) is 9.18 Å². The SMILES string of the molecule is CC(C)NC(=O)N[C@H]1C[C@@H](c2nc(-c3ccc(F)cc3)no2)N(C)C1. The molecule has 0 unspecified atom stereocenters. The van der Waals surface area contributed by atoms with Crippen LogP contribution in [0.25, 0.3) is 11.4 Å². The van der Waals surface area contributed by atoms with Crippen LogP contribution in [-0.4, -0.2) is 46.7 Å². The van der Waals surface area contributed by atoms with Crippen molar-refractivity contribution in [3.8, 4) is 11.4 Å². The molecule has 1 fully saturated rings. The van der Waals surface area contributed by atoms with E-state index >= 15 is 0 Å². The van der Waals surface area contributed by atoms with E-state index in [2.05, 4.69) is 25.7 Å². The highest BCUT2D eigenvalue weighted by Crippen LogP contribution is 2.30. The highest BCUT2D eigenvalue weighted by molar-refractivity contribution is 5.74. The fourth-order valence-electron chi connectivity index (χ4n) is 2.97. The Kier molecular flexibility index (Phi) is 4.98. The molecule has 0 radical (unpaired) electrons. The van der Waals surface area contributed by atoms with E-state index in [0.717, 1.165) is 0 Å². The summed E-state index contributed by atoms with van der Waals surface area (Å²) in [5.74, 6) is 0.615. The lowest BCUT2D eigenvalue weighted by atomic mass is 10.1. The number of urea groups is 1. The summed E-state index contributed by atoms with van der Waals surface area (Å²) < 4.78 is 18.4. The minimum absolute atomic E-state index is 0.00919. The normalized spacial score (nSPS) is 20.8. The van der Waals surface area contributed by atoms with E-state index in [0.29, 0.717) is 30.2 Å². The minimum atomic E-state index is -0.309. The van der Waals surface area contributed by atoms with Gasteiger partial charge in [-0.2, -0.15) is 4.98 Å². The highest BCUT2D eigenvalue weighted by atomic mass is 19.1. The lowest BCUT2D eigenvalue weighted by Crippen LogP contribution is -2.45. The van der Waals surface area contributed by atoms with Gasteiger partial charge < -0.3 is 15.2 Å². The zero-order valence-corrected chi connectivity index (χ0v) is 14.5. The van der Waals surface area contributed by atoms with Crippen LogP contribution < -0.4 is 10.6 Å². The average molecular weight is 347 g/mol. The van der Waals surface area contributed by atoms with Crippen molar-refractivity contribution >= 4 is 6.03 Å². The van der Waals surface area contributed by atoms with Crippen molar-refractivity contribution in [3.63, 3.8) is 0 Å². The number of carbonyl (C=O) groups excluding carboxylic acids is 1. The number of nitrogens with zero attached hydrogens (tertiary/aromatic N) is 3. The first-order chi connectivity index (χ1) is 11.9. The van der Waals surface area contributed by atoms with Gasteiger partial charge in [0.15, 0.2) is 0 Å². The summed E-state index contributed by atoms with van der Waals surface area (Å²) in [4.78, 5) is 18.4. The van der Waals surface area contributed by atoms with Gasteiger partial charge in [-0.15, -0.1) is 0 Å². The zero-order chi connectivity index (χ0) is 18.0. The van der Waals surface area contributed by atoms with Crippen LogP contribution in [0.2, 0.25) is 0 Å². The minimum Gasteiger partial charge on any atom is -0.337 e. The number of amides is 2. The molecule has 0 spiro atoms. The Balaban J connectivity index is 1.66. The van der Waals surface area contributed by atoms with Crippen molar-refractivity contribution in [2.45, 2.75) is 38.4 Å². The lowest BCUT2D eigenvalue weighted by Gasteiger charge is -2.15. The molecule has 1 saturated heterocycles. The molecule has 2 aromatic rings. The number of nitrogens with one attached hydrogen (secondary N) is 2. The molecule has 0 saturated carbocycles. The second kappa shape index (κ2) is 7.18. The molecule has 8 heteroatoms. The molecular formula is C17H22FN5O2. The summed E-state index contributed by atoms with van der Waals surface area (Å²) >= 11 is 0. The van der Waals surface area contributed by atoms with Gasteiger partial charge in [-0.3, -0.25) is 4.90 Å². The van der Waals surface area contributed by atoms with Crippen molar-refractivity contribution in [2.24, 2.45) is 0 Å². The van der Waals surface area contributed by atoms with Crippen LogP contribution in [0.3, 0.4) is 0 Å². The van der Waals surface area contributed by atoms with Crippen LogP contribution in [0.4, 0.5) is 9.18 Å². The molecule has 7 nitrogen and oxygen atoms in total. The van der Waals surface area contributed by atoms with Crippen LogP contribution in [-0.2, 0) is 0 Å². The van der Waals surface area contributed by atoms with Gasteiger partial charge in [0.25, 0.3) is 0 Å². The maximum absolute atomic E-state index is 13.0. The Morgan fingerprint density at radius 1 is 1.36 bits per heavy atom. The fourth-order valence-corrected chi connectivity index (χ4v) is 2.97. The first-order valence-corrected chi connectivity index (χ1v) is 8.29. The first kappa shape index (κ1) is 17.3. The molecule has 0 bridgehead atoms. The van der Waals surface area contributed by atoms with Crippen molar-refractivity contribution in [3.05, 3.63) is 36.0 Å². The van der Waals surface area contributed by atoms with Gasteiger partial charge in [-0.25, -0.2) is 9.18 Å². The second-order valence-corrected chi connectivity index (χ2v) is 6.62. The summed E-state index contributed by atoms with van der Waals surface area (Å²) in [5.41, 5.74) is 0.697.